The topological polar surface area (TPSA) is 289 Å². The van der Waals surface area contributed by atoms with Crippen molar-refractivity contribution in [2.75, 3.05) is 0 Å². The van der Waals surface area contributed by atoms with Crippen molar-refractivity contribution in [2.24, 2.45) is 0 Å². The number of carboxylic acids is 1. The first-order valence-corrected chi connectivity index (χ1v) is 12.0. The minimum Gasteiger partial charge on any atom is -0.871 e. The summed E-state index contributed by atoms with van der Waals surface area (Å²) in [7, 11) is -9.17. The van der Waals surface area contributed by atoms with Crippen LogP contribution in [0.2, 0.25) is 0 Å². The quantitative estimate of drug-likeness (QED) is 0.0589. The van der Waals surface area contributed by atoms with Gasteiger partial charge in [-0.1, -0.05) is 96.8 Å². The molecule has 0 aliphatic carbocycles. The van der Waals surface area contributed by atoms with Gasteiger partial charge in [0.25, 0.3) is 0 Å². The molecule has 0 atom stereocenters. The Bertz CT molecular complexity index is 362. The van der Waals surface area contributed by atoms with E-state index in [-0.39, 0.29) is 73.7 Å². The minimum absolute atomic E-state index is 0. The monoisotopic (exact) mass is 592 g/mol. The number of carbonyl (C=O) groups is 1. The van der Waals surface area contributed by atoms with Crippen LogP contribution in [0.15, 0.2) is 0 Å². The molecule has 14 nitrogen and oxygen atoms in total. The van der Waals surface area contributed by atoms with Crippen molar-refractivity contribution in [2.45, 2.75) is 110 Å². The molecule has 38 heavy (non-hydrogen) atoms. The predicted molar refractivity (Wildman–Crippen MR) is 136 cm³/mol. The van der Waals surface area contributed by atoms with Crippen LogP contribution in [0.3, 0.4) is 0 Å². The Hall–Kier alpha value is 1.51. The summed E-state index contributed by atoms with van der Waals surface area (Å²) in [5.41, 5.74) is 0. The first-order chi connectivity index (χ1) is 16.7. The van der Waals surface area contributed by atoms with Crippen LogP contribution in [0.5, 0.6) is 0 Å². The molecule has 0 spiro atoms. The van der Waals surface area contributed by atoms with Crippen molar-refractivity contribution in [1.29, 1.82) is 0 Å². The molecule has 0 rings (SSSR count). The van der Waals surface area contributed by atoms with E-state index in [0.29, 0.717) is 0 Å². The molecule has 0 aliphatic rings. The van der Waals surface area contributed by atoms with E-state index in [1.807, 2.05) is 0 Å². The summed E-state index contributed by atoms with van der Waals surface area (Å²) in [5, 5.41) is 98.7. The van der Waals surface area contributed by atoms with Gasteiger partial charge >= 0.3 is 89.3 Å². The van der Waals surface area contributed by atoms with Crippen molar-refractivity contribution in [3.63, 3.8) is 0 Å². The van der Waals surface area contributed by atoms with Crippen LogP contribution in [-0.2, 0) is 4.79 Å². The summed E-state index contributed by atoms with van der Waals surface area (Å²) in [6.45, 7) is 2.27. The summed E-state index contributed by atoms with van der Waals surface area (Å²) in [5.74, 6) is -0.903. The van der Waals surface area contributed by atoms with Crippen molar-refractivity contribution in [3.05, 3.63) is 0 Å². The van der Waals surface area contributed by atoms with Crippen LogP contribution in [0, 0.1) is 0 Å². The molecule has 0 saturated heterocycles. The summed E-state index contributed by atoms with van der Waals surface area (Å²) < 4.78 is 0. The number of hydrogen-bond acceptors (Lipinski definition) is 14. The zero-order valence-electron chi connectivity index (χ0n) is 22.9. The van der Waals surface area contributed by atoms with Crippen LogP contribution in [0.1, 0.15) is 110 Å². The second-order valence-electron chi connectivity index (χ2n) is 7.42. The van der Waals surface area contributed by atoms with E-state index in [1.54, 1.807) is 0 Å². The molecule has 0 heterocycles. The van der Waals surface area contributed by atoms with Gasteiger partial charge in [-0.2, -0.15) is 0 Å². The van der Waals surface area contributed by atoms with Crippen molar-refractivity contribution in [3.8, 4) is 0 Å². The van der Waals surface area contributed by atoms with Crippen molar-refractivity contribution >= 4 is 73.0 Å². The molecular weight excluding hydrogens is 547 g/mol. The van der Waals surface area contributed by atoms with Gasteiger partial charge in [-0.05, 0) is 12.8 Å². The van der Waals surface area contributed by atoms with Crippen molar-refractivity contribution in [1.82, 2.24) is 0 Å². The van der Waals surface area contributed by atoms with Gasteiger partial charge in [0.1, 0.15) is 0 Å². The van der Waals surface area contributed by atoms with Gasteiger partial charge in [-0.25, -0.2) is 0 Å². The molecule has 0 amide bonds. The van der Waals surface area contributed by atoms with Crippen LogP contribution >= 0.6 is 0 Å². The maximum atomic E-state index is 10.2. The van der Waals surface area contributed by atoms with E-state index in [9.17, 15) is 9.90 Å². The van der Waals surface area contributed by atoms with Gasteiger partial charge in [-0.15, -0.1) is 0 Å². The number of carbonyl (C=O) groups excluding carboxylic acids is 1. The van der Waals surface area contributed by atoms with E-state index >= 15 is 0 Å². The van der Waals surface area contributed by atoms with Crippen LogP contribution in [0.25, 0.3) is 0 Å². The molecule has 20 heteroatoms. The van der Waals surface area contributed by atoms with Gasteiger partial charge < -0.3 is 70.2 Å². The first-order valence-electron chi connectivity index (χ1n) is 12.0. The molecule has 0 aromatic rings. The fourth-order valence-corrected chi connectivity index (χ4v) is 2.64. The van der Waals surface area contributed by atoms with E-state index in [2.05, 4.69) is 6.92 Å². The molecule has 0 bridgehead atoms. The largest absolute Gasteiger partial charge is 2.00 e. The Labute approximate surface area is 280 Å². The number of carboxylic acid groups (broad SMARTS) is 1. The van der Waals surface area contributed by atoms with E-state index in [0.717, 1.165) is 12.8 Å². The summed E-state index contributed by atoms with van der Waals surface area (Å²) in [6.07, 6.45) is 19.9. The van der Waals surface area contributed by atoms with E-state index in [1.165, 1.54) is 83.5 Å². The third kappa shape index (κ3) is 146. The molecule has 10 N–H and O–H groups in total. The molecular formula is C18H45B4CaNaO14. The van der Waals surface area contributed by atoms with Crippen LogP contribution < -0.4 is 44.7 Å². The third-order valence-electron chi connectivity index (χ3n) is 3.98. The number of unbranched alkanes of at least 4 members (excludes halogenated alkanes) is 14. The summed E-state index contributed by atoms with van der Waals surface area (Å²) in [6, 6.07) is 0. The third-order valence-corrected chi connectivity index (χ3v) is 3.98. The fraction of sp³-hybridized carbons (Fsp3) is 0.944. The Morgan fingerprint density at radius 1 is 0.526 bits per heavy atom. The molecule has 0 saturated carbocycles. The molecule has 0 radical (unpaired) electrons. The Morgan fingerprint density at radius 3 is 0.842 bits per heavy atom. The molecule has 0 aliphatic heterocycles. The molecule has 216 valence electrons. The average Bonchev–Trinajstić information content (AvgIpc) is 2.69. The Morgan fingerprint density at radius 2 is 0.684 bits per heavy atom. The van der Waals surface area contributed by atoms with Gasteiger partial charge in [0.05, 0.1) is 7.32 Å². The predicted octanol–water partition coefficient (Wildman–Crippen LogP) is -7.85. The van der Waals surface area contributed by atoms with E-state index in [4.69, 9.17) is 60.3 Å². The first kappa shape index (κ1) is 55.4. The molecule has 0 unspecified atom stereocenters. The second-order valence-corrected chi connectivity index (χ2v) is 7.42. The minimum atomic E-state index is -2.67. The zero-order valence-corrected chi connectivity index (χ0v) is 27.1. The van der Waals surface area contributed by atoms with Crippen LogP contribution in [-0.4, -0.2) is 123 Å². The molecule has 0 aromatic heterocycles. The maximum Gasteiger partial charge on any atom is 2.00 e. The Kier molecular flexibility index (Phi) is 74.8. The number of hydrogen-bond donors (Lipinski definition) is 10. The SMILES string of the molecule is CCCCCCCCCCCCCCCCCC(=O)[O-].OB(O)O.OB(O)O.OB(O)O.[Ca+2].[Na+].[O-]B([O-])O. The normalized spacial score (nSPS) is 8.55. The summed E-state index contributed by atoms with van der Waals surface area (Å²) in [4.78, 5) is 10.2. The fourth-order valence-electron chi connectivity index (χ4n) is 2.64. The number of rotatable bonds is 16. The Balaban J connectivity index is -0.0000000873. The summed E-state index contributed by atoms with van der Waals surface area (Å²) >= 11 is 0. The van der Waals surface area contributed by atoms with Crippen LogP contribution in [0.4, 0.5) is 0 Å². The van der Waals surface area contributed by atoms with E-state index < -0.39 is 35.3 Å². The molecule has 0 fully saturated rings. The van der Waals surface area contributed by atoms with Gasteiger partial charge in [-0.3, -0.25) is 0 Å². The van der Waals surface area contributed by atoms with Gasteiger partial charge in [0.15, 0.2) is 0 Å². The second kappa shape index (κ2) is 51.3. The van der Waals surface area contributed by atoms with Gasteiger partial charge in [0.2, 0.25) is 0 Å². The van der Waals surface area contributed by atoms with Gasteiger partial charge in [0, 0.05) is 5.97 Å². The standard InChI is InChI=1S/C18H36O2.3BH3O3.BHO3.Ca.Na/c1-2-3-4-5-6-7-8-9-10-11-12-13-14-15-16-17-18(19)20;4*2-1(3)4;;/h2-17H2,1H3,(H,19,20);3*2-4H;2H;;/q;;;;-2;+2;+1/p-1. The zero-order chi connectivity index (χ0) is 29.2. The molecule has 0 aromatic carbocycles. The smallest absolute Gasteiger partial charge is 0.871 e. The van der Waals surface area contributed by atoms with Crippen molar-refractivity contribution < 1.29 is 99.7 Å². The average molecular weight is 592 g/mol. The maximum absolute atomic E-state index is 10.2. The number of aliphatic carboxylic acids is 1.